The van der Waals surface area contributed by atoms with Crippen LogP contribution < -0.4 is 0 Å². The summed E-state index contributed by atoms with van der Waals surface area (Å²) in [5.74, 6) is -1.81. The van der Waals surface area contributed by atoms with Crippen LogP contribution in [0, 0.1) is 25.8 Å². The predicted molar refractivity (Wildman–Crippen MR) is 81.1 cm³/mol. The van der Waals surface area contributed by atoms with E-state index in [1.807, 2.05) is 22.6 Å². The van der Waals surface area contributed by atoms with Crippen molar-refractivity contribution < 1.29 is 13.2 Å². The second-order valence-electron chi connectivity index (χ2n) is 4.14. The summed E-state index contributed by atoms with van der Waals surface area (Å²) in [4.78, 5) is 2.70. The second-order valence-corrected chi connectivity index (χ2v) is 5.69. The number of aromatic amines is 1. The van der Waals surface area contributed by atoms with E-state index >= 15 is 0 Å². The van der Waals surface area contributed by atoms with Crippen molar-refractivity contribution >= 4 is 45.8 Å². The van der Waals surface area contributed by atoms with Crippen LogP contribution in [0.2, 0.25) is 0 Å². The molecule has 0 aliphatic carbocycles. The van der Waals surface area contributed by atoms with Crippen LogP contribution >= 0.6 is 34.8 Å². The third-order valence-electron chi connectivity index (χ3n) is 2.86. The second kappa shape index (κ2) is 4.88. The Hall–Kier alpha value is -1.35. The summed E-state index contributed by atoms with van der Waals surface area (Å²) < 4.78 is 42.6. The first-order valence-electron chi connectivity index (χ1n) is 5.52. The molecule has 0 unspecified atom stereocenters. The molecule has 20 heavy (non-hydrogen) atoms. The van der Waals surface area contributed by atoms with Crippen molar-refractivity contribution in [3.05, 3.63) is 56.1 Å². The third kappa shape index (κ3) is 2.14. The summed E-state index contributed by atoms with van der Waals surface area (Å²) in [6.07, 6.45) is 0. The molecule has 7 heteroatoms. The molecule has 0 spiro atoms. The largest absolute Gasteiger partial charge is 0.328 e. The average Bonchev–Trinajstić information content (AvgIpc) is 2.67. The van der Waals surface area contributed by atoms with E-state index in [0.717, 1.165) is 6.07 Å². The maximum absolute atomic E-state index is 13.7. The Labute approximate surface area is 130 Å². The van der Waals surface area contributed by atoms with Gasteiger partial charge in [-0.15, -0.1) is 0 Å². The first kappa shape index (κ1) is 13.6. The zero-order valence-corrected chi connectivity index (χ0v) is 12.7. The molecule has 1 N–H and O–H groups in total. The van der Waals surface area contributed by atoms with Crippen LogP contribution in [-0.4, -0.2) is 9.55 Å². The zero-order valence-electron chi connectivity index (χ0n) is 9.75. The molecule has 1 aromatic heterocycles. The molecule has 0 amide bonds. The maximum Gasteiger partial charge on any atom is 0.182 e. The van der Waals surface area contributed by atoms with Crippen molar-refractivity contribution in [1.29, 1.82) is 0 Å². The van der Waals surface area contributed by atoms with Gasteiger partial charge in [0.05, 0.1) is 11.2 Å². The maximum atomic E-state index is 13.7. The Morgan fingerprint density at radius 2 is 1.80 bits per heavy atom. The average molecular weight is 406 g/mol. The lowest BCUT2D eigenvalue weighted by Crippen LogP contribution is -1.98. The van der Waals surface area contributed by atoms with Crippen LogP contribution in [0.4, 0.5) is 13.2 Å². The Kier molecular flexibility index (Phi) is 3.33. The van der Waals surface area contributed by atoms with Gasteiger partial charge in [-0.25, -0.2) is 13.2 Å². The number of H-pyrrole nitrogens is 1. The highest BCUT2D eigenvalue weighted by molar-refractivity contribution is 14.1. The van der Waals surface area contributed by atoms with E-state index in [2.05, 4.69) is 4.98 Å². The summed E-state index contributed by atoms with van der Waals surface area (Å²) in [5.41, 5.74) is 0.960. The van der Waals surface area contributed by atoms with E-state index in [1.54, 1.807) is 0 Å². The topological polar surface area (TPSA) is 20.7 Å². The fourth-order valence-electron chi connectivity index (χ4n) is 2.03. The van der Waals surface area contributed by atoms with Crippen molar-refractivity contribution in [2.45, 2.75) is 0 Å². The molecule has 1 heterocycles. The standard InChI is InChI=1S/C13H6F3IN2S/c14-6-1-2-10(9(17)4-6)19-11-5-7(15)3-8(16)12(11)18-13(19)20/h1-5H,(H,18,20). The summed E-state index contributed by atoms with van der Waals surface area (Å²) in [6, 6.07) is 6.08. The van der Waals surface area contributed by atoms with Gasteiger partial charge in [0.2, 0.25) is 0 Å². The Morgan fingerprint density at radius 3 is 2.50 bits per heavy atom. The van der Waals surface area contributed by atoms with Crippen LogP contribution in [0.3, 0.4) is 0 Å². The van der Waals surface area contributed by atoms with Gasteiger partial charge in [0.1, 0.15) is 17.2 Å². The summed E-state index contributed by atoms with van der Waals surface area (Å²) in [6.45, 7) is 0. The van der Waals surface area contributed by atoms with Crippen molar-refractivity contribution in [3.8, 4) is 5.69 Å². The quantitative estimate of drug-likeness (QED) is 0.459. The number of rotatable bonds is 1. The zero-order chi connectivity index (χ0) is 14.4. The van der Waals surface area contributed by atoms with Gasteiger partial charge in [-0.3, -0.25) is 4.57 Å². The lowest BCUT2D eigenvalue weighted by atomic mass is 10.2. The molecule has 0 aliphatic rings. The molecule has 0 saturated carbocycles. The molecule has 0 aliphatic heterocycles. The van der Waals surface area contributed by atoms with Gasteiger partial charge in [0.25, 0.3) is 0 Å². The van der Waals surface area contributed by atoms with Gasteiger partial charge in [0, 0.05) is 15.7 Å². The van der Waals surface area contributed by atoms with Gasteiger partial charge >= 0.3 is 0 Å². The number of nitrogens with one attached hydrogen (secondary N) is 1. The van der Waals surface area contributed by atoms with E-state index < -0.39 is 11.6 Å². The van der Waals surface area contributed by atoms with Crippen LogP contribution in [0.5, 0.6) is 0 Å². The molecule has 3 rings (SSSR count). The first-order chi connectivity index (χ1) is 9.47. The van der Waals surface area contributed by atoms with E-state index in [4.69, 9.17) is 12.2 Å². The van der Waals surface area contributed by atoms with Gasteiger partial charge in [-0.2, -0.15) is 0 Å². The van der Waals surface area contributed by atoms with Gasteiger partial charge in [0.15, 0.2) is 10.6 Å². The number of hydrogen-bond donors (Lipinski definition) is 1. The normalized spacial score (nSPS) is 11.2. The monoisotopic (exact) mass is 406 g/mol. The summed E-state index contributed by atoms with van der Waals surface area (Å²) >= 11 is 7.10. The van der Waals surface area contributed by atoms with Crippen LogP contribution in [0.15, 0.2) is 30.3 Å². The predicted octanol–water partition coefficient (Wildman–Crippen LogP) is 4.71. The molecule has 0 saturated heterocycles. The van der Waals surface area contributed by atoms with Crippen LogP contribution in [-0.2, 0) is 0 Å². The van der Waals surface area contributed by atoms with E-state index in [1.165, 1.54) is 28.8 Å². The summed E-state index contributed by atoms with van der Waals surface area (Å²) in [7, 11) is 0. The number of halogens is 4. The van der Waals surface area contributed by atoms with Gasteiger partial charge in [-0.1, -0.05) is 0 Å². The lowest BCUT2D eigenvalue weighted by molar-refractivity contribution is 0.590. The minimum atomic E-state index is -0.720. The lowest BCUT2D eigenvalue weighted by Gasteiger charge is -2.07. The highest BCUT2D eigenvalue weighted by Crippen LogP contribution is 2.26. The number of aromatic nitrogens is 2. The molecule has 0 fully saturated rings. The third-order valence-corrected chi connectivity index (χ3v) is 4.01. The van der Waals surface area contributed by atoms with Crippen LogP contribution in [0.25, 0.3) is 16.7 Å². The molecule has 0 radical (unpaired) electrons. The molecular formula is C13H6F3IN2S. The smallest absolute Gasteiger partial charge is 0.182 e. The molecule has 2 aromatic carbocycles. The van der Waals surface area contributed by atoms with Crippen molar-refractivity contribution in [2.24, 2.45) is 0 Å². The van der Waals surface area contributed by atoms with Crippen LogP contribution in [0.1, 0.15) is 0 Å². The molecule has 0 bridgehead atoms. The van der Waals surface area contributed by atoms with Gasteiger partial charge < -0.3 is 4.98 Å². The van der Waals surface area contributed by atoms with E-state index in [0.29, 0.717) is 9.26 Å². The Balaban J connectivity index is 2.42. The van der Waals surface area contributed by atoms with Crippen molar-refractivity contribution in [2.75, 3.05) is 0 Å². The summed E-state index contributed by atoms with van der Waals surface area (Å²) in [5, 5.41) is 0. The molecular weight excluding hydrogens is 400 g/mol. The number of fused-ring (bicyclic) bond motifs is 1. The number of benzene rings is 2. The van der Waals surface area contributed by atoms with Crippen molar-refractivity contribution in [1.82, 2.24) is 9.55 Å². The van der Waals surface area contributed by atoms with E-state index in [9.17, 15) is 13.2 Å². The number of hydrogen-bond acceptors (Lipinski definition) is 1. The number of imidazole rings is 1. The minimum absolute atomic E-state index is 0.122. The fourth-order valence-corrected chi connectivity index (χ4v) is 3.05. The highest BCUT2D eigenvalue weighted by Gasteiger charge is 2.14. The molecule has 2 nitrogen and oxygen atoms in total. The molecule has 3 aromatic rings. The first-order valence-corrected chi connectivity index (χ1v) is 7.01. The SMILES string of the molecule is Fc1ccc(-n2c(=S)[nH]c3c(F)cc(F)cc32)c(I)c1. The fraction of sp³-hybridized carbons (Fsp3) is 0. The van der Waals surface area contributed by atoms with E-state index in [-0.39, 0.29) is 21.6 Å². The molecule has 102 valence electrons. The van der Waals surface area contributed by atoms with Crippen molar-refractivity contribution in [3.63, 3.8) is 0 Å². The Bertz CT molecular complexity index is 885. The molecule has 0 atom stereocenters. The highest BCUT2D eigenvalue weighted by atomic mass is 127. The minimum Gasteiger partial charge on any atom is -0.328 e. The number of nitrogens with zero attached hydrogens (tertiary/aromatic N) is 1. The Morgan fingerprint density at radius 1 is 1.05 bits per heavy atom. The van der Waals surface area contributed by atoms with Gasteiger partial charge in [-0.05, 0) is 53.0 Å².